The molecule has 3 radical (unpaired) electrons. The summed E-state index contributed by atoms with van der Waals surface area (Å²) in [5.41, 5.74) is 5.42. The van der Waals surface area contributed by atoms with Gasteiger partial charge < -0.3 is 29.3 Å². The van der Waals surface area contributed by atoms with E-state index in [9.17, 15) is 9.59 Å². The SMILES string of the molecule is C.O=C(O)c1ccc(-c2ccc(OCCCN3CCCCC3)cc2)cc1.O=C(c1ccc(-c2ccc(OCCCN3CCCCC3)cc2)cc1)N1CCCCC1.[B]. The van der Waals surface area contributed by atoms with Crippen molar-refractivity contribution in [2.24, 2.45) is 0 Å². The van der Waals surface area contributed by atoms with Crippen molar-refractivity contribution in [2.75, 3.05) is 65.6 Å². The molecule has 0 spiro atoms. The number of carboxylic acids is 1. The molecule has 7 rings (SSSR count). The number of benzene rings is 4. The first-order valence-corrected chi connectivity index (χ1v) is 20.7. The van der Waals surface area contributed by atoms with Crippen LogP contribution in [0.3, 0.4) is 0 Å². The maximum atomic E-state index is 12.6. The molecule has 0 aliphatic carbocycles. The number of carboxylic acid groups (broad SMARTS) is 1. The number of likely N-dealkylation sites (tertiary alicyclic amines) is 3. The van der Waals surface area contributed by atoms with Crippen LogP contribution in [0, 0.1) is 0 Å². The van der Waals surface area contributed by atoms with Crippen LogP contribution in [0.5, 0.6) is 11.5 Å². The number of nitrogens with zero attached hydrogens (tertiary/aromatic N) is 3. The monoisotopic (exact) mass is 772 g/mol. The van der Waals surface area contributed by atoms with Gasteiger partial charge in [-0.25, -0.2) is 4.79 Å². The third-order valence-electron chi connectivity index (χ3n) is 11.0. The molecule has 0 bridgehead atoms. The molecule has 1 amide bonds. The van der Waals surface area contributed by atoms with E-state index >= 15 is 0 Å². The summed E-state index contributed by atoms with van der Waals surface area (Å²) in [4.78, 5) is 30.6. The highest BCUT2D eigenvalue weighted by Crippen LogP contribution is 2.25. The first kappa shape index (κ1) is 45.1. The van der Waals surface area contributed by atoms with E-state index in [0.29, 0.717) is 5.56 Å². The van der Waals surface area contributed by atoms with Crippen LogP contribution in [-0.4, -0.2) is 106 Å². The number of piperidine rings is 3. The standard InChI is InChI=1S/C26H34N2O2.C21H25NO3.CH4.B/c29-26(28-19-5-2-6-20-28)24-10-8-22(9-11-24)23-12-14-25(15-13-23)30-21-7-18-27-16-3-1-4-17-27;23-21(24)19-7-5-17(6-8-19)18-9-11-20(12-10-18)25-16-4-15-22-13-2-1-3-14-22;;/h8-15H,1-7,16-21H2;5-12H,1-4,13-16H2,(H,23,24);1H4;. The van der Waals surface area contributed by atoms with Crippen molar-refractivity contribution in [1.29, 1.82) is 0 Å². The molecule has 0 atom stereocenters. The zero-order chi connectivity index (χ0) is 38.1. The zero-order valence-corrected chi connectivity index (χ0v) is 33.1. The van der Waals surface area contributed by atoms with Crippen LogP contribution in [0.1, 0.15) is 98.8 Å². The number of ether oxygens (including phenoxy) is 2. The molecule has 3 heterocycles. The van der Waals surface area contributed by atoms with Crippen molar-refractivity contribution in [1.82, 2.24) is 14.7 Å². The van der Waals surface area contributed by atoms with Gasteiger partial charge in [0.05, 0.1) is 18.8 Å². The van der Waals surface area contributed by atoms with Gasteiger partial charge in [-0.1, -0.05) is 68.8 Å². The van der Waals surface area contributed by atoms with Crippen LogP contribution in [0.25, 0.3) is 22.3 Å². The second kappa shape index (κ2) is 24.2. The predicted molar refractivity (Wildman–Crippen MR) is 234 cm³/mol. The highest BCUT2D eigenvalue weighted by molar-refractivity contribution is 5.94. The zero-order valence-electron chi connectivity index (χ0n) is 33.1. The molecule has 3 aliphatic rings. The summed E-state index contributed by atoms with van der Waals surface area (Å²) >= 11 is 0. The summed E-state index contributed by atoms with van der Waals surface area (Å²) in [6.07, 6.45) is 13.7. The predicted octanol–water partition coefficient (Wildman–Crippen LogP) is 9.80. The first-order valence-electron chi connectivity index (χ1n) is 20.7. The van der Waals surface area contributed by atoms with Gasteiger partial charge in [0.2, 0.25) is 0 Å². The Labute approximate surface area is 343 Å². The smallest absolute Gasteiger partial charge is 0.335 e. The van der Waals surface area contributed by atoms with E-state index in [1.807, 2.05) is 77.7 Å². The van der Waals surface area contributed by atoms with Crippen molar-refractivity contribution >= 4 is 20.3 Å². The number of carbonyl (C=O) groups excluding carboxylic acids is 1. The Hall–Kier alpha value is -4.60. The van der Waals surface area contributed by atoms with E-state index in [1.54, 1.807) is 12.1 Å². The van der Waals surface area contributed by atoms with Gasteiger partial charge in [0.25, 0.3) is 5.91 Å². The quantitative estimate of drug-likeness (QED) is 0.101. The number of hydrogen-bond acceptors (Lipinski definition) is 6. The molecular formula is C48H63BN3O5. The van der Waals surface area contributed by atoms with Crippen molar-refractivity contribution in [3.63, 3.8) is 0 Å². The van der Waals surface area contributed by atoms with Crippen molar-refractivity contribution in [3.05, 3.63) is 108 Å². The molecule has 3 fully saturated rings. The Balaban J connectivity index is 0.000000248. The summed E-state index contributed by atoms with van der Waals surface area (Å²) in [7, 11) is 0. The number of rotatable bonds is 14. The molecule has 3 aliphatic heterocycles. The van der Waals surface area contributed by atoms with E-state index < -0.39 is 5.97 Å². The highest BCUT2D eigenvalue weighted by atomic mass is 16.5. The van der Waals surface area contributed by atoms with Crippen LogP contribution >= 0.6 is 0 Å². The summed E-state index contributed by atoms with van der Waals surface area (Å²) < 4.78 is 11.8. The minimum absolute atomic E-state index is 0. The fourth-order valence-corrected chi connectivity index (χ4v) is 7.70. The maximum absolute atomic E-state index is 12.6. The van der Waals surface area contributed by atoms with E-state index in [2.05, 4.69) is 21.9 Å². The lowest BCUT2D eigenvalue weighted by atomic mass is 10.0. The number of aromatic carboxylic acids is 1. The first-order chi connectivity index (χ1) is 27.0. The third kappa shape index (κ3) is 14.4. The molecule has 9 heteroatoms. The van der Waals surface area contributed by atoms with Crippen molar-refractivity contribution in [3.8, 4) is 33.8 Å². The van der Waals surface area contributed by atoms with Gasteiger partial charge in [-0.05, 0) is 155 Å². The average molecular weight is 773 g/mol. The molecule has 0 saturated carbocycles. The van der Waals surface area contributed by atoms with E-state index in [0.717, 1.165) is 104 Å². The Kier molecular flexibility index (Phi) is 19.2. The molecule has 4 aromatic carbocycles. The topological polar surface area (TPSA) is 82.5 Å². The normalized spacial score (nSPS) is 15.9. The van der Waals surface area contributed by atoms with Gasteiger partial charge in [0.1, 0.15) is 11.5 Å². The lowest BCUT2D eigenvalue weighted by Crippen LogP contribution is -2.35. The van der Waals surface area contributed by atoms with Crippen LogP contribution in [0.2, 0.25) is 0 Å². The van der Waals surface area contributed by atoms with Gasteiger partial charge in [-0.3, -0.25) is 4.79 Å². The molecule has 4 aromatic rings. The Morgan fingerprint density at radius 1 is 0.474 bits per heavy atom. The van der Waals surface area contributed by atoms with Gasteiger partial charge in [0, 0.05) is 40.2 Å². The van der Waals surface area contributed by atoms with E-state index in [1.165, 1.54) is 71.1 Å². The molecule has 303 valence electrons. The number of amides is 1. The van der Waals surface area contributed by atoms with Crippen molar-refractivity contribution in [2.45, 2.75) is 78.1 Å². The van der Waals surface area contributed by atoms with Gasteiger partial charge in [-0.15, -0.1) is 0 Å². The maximum Gasteiger partial charge on any atom is 0.335 e. The molecule has 57 heavy (non-hydrogen) atoms. The minimum Gasteiger partial charge on any atom is -0.494 e. The molecule has 3 saturated heterocycles. The van der Waals surface area contributed by atoms with Gasteiger partial charge >= 0.3 is 5.97 Å². The highest BCUT2D eigenvalue weighted by Gasteiger charge is 2.18. The third-order valence-corrected chi connectivity index (χ3v) is 11.0. The van der Waals surface area contributed by atoms with Crippen LogP contribution in [0.15, 0.2) is 97.1 Å². The minimum atomic E-state index is -0.903. The van der Waals surface area contributed by atoms with Crippen LogP contribution in [0.4, 0.5) is 0 Å². The lowest BCUT2D eigenvalue weighted by Gasteiger charge is -2.26. The Morgan fingerprint density at radius 3 is 1.18 bits per heavy atom. The Bertz CT molecular complexity index is 1730. The molecule has 0 unspecified atom stereocenters. The summed E-state index contributed by atoms with van der Waals surface area (Å²) in [5, 5.41) is 8.95. The lowest BCUT2D eigenvalue weighted by molar-refractivity contribution is 0.0694. The van der Waals surface area contributed by atoms with E-state index in [4.69, 9.17) is 14.6 Å². The fraction of sp³-hybridized carbons (Fsp3) is 0.458. The molecule has 0 aromatic heterocycles. The second-order valence-corrected chi connectivity index (χ2v) is 15.1. The van der Waals surface area contributed by atoms with E-state index in [-0.39, 0.29) is 21.7 Å². The van der Waals surface area contributed by atoms with Gasteiger partial charge in [-0.2, -0.15) is 0 Å². The Morgan fingerprint density at radius 2 is 0.807 bits per heavy atom. The van der Waals surface area contributed by atoms with Crippen LogP contribution < -0.4 is 9.47 Å². The largest absolute Gasteiger partial charge is 0.494 e. The second-order valence-electron chi connectivity index (χ2n) is 15.1. The number of hydrogen-bond donors (Lipinski definition) is 1. The average Bonchev–Trinajstić information content (AvgIpc) is 3.25. The van der Waals surface area contributed by atoms with Crippen molar-refractivity contribution < 1.29 is 24.2 Å². The summed E-state index contributed by atoms with van der Waals surface area (Å²) in [6.45, 7) is 10.5. The molecule has 8 nitrogen and oxygen atoms in total. The summed E-state index contributed by atoms with van der Waals surface area (Å²) in [6, 6.07) is 31.2. The van der Waals surface area contributed by atoms with Crippen LogP contribution in [-0.2, 0) is 0 Å². The molecule has 1 N–H and O–H groups in total. The number of carbonyl (C=O) groups is 2. The molecular weight excluding hydrogens is 709 g/mol. The summed E-state index contributed by atoms with van der Waals surface area (Å²) in [5.74, 6) is 1.06. The fourth-order valence-electron chi connectivity index (χ4n) is 7.70. The van der Waals surface area contributed by atoms with Gasteiger partial charge in [0.15, 0.2) is 0 Å².